The second-order valence-corrected chi connectivity index (χ2v) is 5.09. The van der Waals surface area contributed by atoms with Gasteiger partial charge in [-0.25, -0.2) is 0 Å². The molecule has 0 radical (unpaired) electrons. The van der Waals surface area contributed by atoms with Crippen LogP contribution in [0.5, 0.6) is 17.2 Å². The van der Waals surface area contributed by atoms with Gasteiger partial charge in [-0.05, 0) is 38.1 Å². The number of carbonyl (C=O) groups is 1. The minimum atomic E-state index is -0.215. The Bertz CT molecular complexity index is 658. The molecule has 0 fully saturated rings. The lowest BCUT2D eigenvalue weighted by Gasteiger charge is -2.16. The predicted molar refractivity (Wildman–Crippen MR) is 90.1 cm³/mol. The molecule has 5 heteroatoms. The maximum absolute atomic E-state index is 12.4. The number of nitrogens with two attached hydrogens (primary N) is 1. The number of hydrogen-bond donors (Lipinski definition) is 2. The topological polar surface area (TPSA) is 73.6 Å². The van der Waals surface area contributed by atoms with Gasteiger partial charge in [-0.3, -0.25) is 4.79 Å². The second kappa shape index (κ2) is 8.19. The SMILES string of the molecule is CCOc1ccccc1Oc1ccccc1C(=O)N[C@@H](C)CN. The Balaban J connectivity index is 2.26. The average molecular weight is 314 g/mol. The molecule has 5 nitrogen and oxygen atoms in total. The second-order valence-electron chi connectivity index (χ2n) is 5.09. The molecular weight excluding hydrogens is 292 g/mol. The summed E-state index contributed by atoms with van der Waals surface area (Å²) in [6.45, 7) is 4.68. The summed E-state index contributed by atoms with van der Waals surface area (Å²) in [7, 11) is 0. The number of benzene rings is 2. The van der Waals surface area contributed by atoms with Crippen molar-refractivity contribution in [2.45, 2.75) is 19.9 Å². The third-order valence-electron chi connectivity index (χ3n) is 3.23. The van der Waals surface area contributed by atoms with E-state index in [0.717, 1.165) is 0 Å². The van der Waals surface area contributed by atoms with Crippen molar-refractivity contribution < 1.29 is 14.3 Å². The molecule has 0 aliphatic rings. The van der Waals surface area contributed by atoms with Gasteiger partial charge in [0.25, 0.3) is 5.91 Å². The van der Waals surface area contributed by atoms with E-state index in [4.69, 9.17) is 15.2 Å². The number of hydrogen-bond acceptors (Lipinski definition) is 4. The summed E-state index contributed by atoms with van der Waals surface area (Å²) in [5.74, 6) is 1.47. The fraction of sp³-hybridized carbons (Fsp3) is 0.278. The summed E-state index contributed by atoms with van der Waals surface area (Å²) >= 11 is 0. The molecule has 0 spiro atoms. The molecule has 1 atom stereocenters. The normalized spacial score (nSPS) is 11.6. The minimum Gasteiger partial charge on any atom is -0.490 e. The van der Waals surface area contributed by atoms with Crippen LogP contribution in [-0.2, 0) is 0 Å². The van der Waals surface area contributed by atoms with Gasteiger partial charge in [0.05, 0.1) is 12.2 Å². The molecule has 2 aromatic carbocycles. The highest BCUT2D eigenvalue weighted by atomic mass is 16.5. The quantitative estimate of drug-likeness (QED) is 0.824. The fourth-order valence-electron chi connectivity index (χ4n) is 2.03. The van der Waals surface area contributed by atoms with E-state index in [9.17, 15) is 4.79 Å². The first-order valence-corrected chi connectivity index (χ1v) is 7.65. The van der Waals surface area contributed by atoms with Crippen molar-refractivity contribution in [3.63, 3.8) is 0 Å². The van der Waals surface area contributed by atoms with Crippen molar-refractivity contribution in [3.05, 3.63) is 54.1 Å². The predicted octanol–water partition coefficient (Wildman–Crippen LogP) is 2.95. The van der Waals surface area contributed by atoms with Crippen LogP contribution in [0.2, 0.25) is 0 Å². The first-order valence-electron chi connectivity index (χ1n) is 7.65. The van der Waals surface area contributed by atoms with E-state index in [0.29, 0.717) is 36.0 Å². The van der Waals surface area contributed by atoms with Gasteiger partial charge >= 0.3 is 0 Å². The molecule has 1 amide bonds. The Kier molecular flexibility index (Phi) is 6.00. The van der Waals surface area contributed by atoms with Crippen LogP contribution in [0.15, 0.2) is 48.5 Å². The van der Waals surface area contributed by atoms with Gasteiger partial charge in [-0.2, -0.15) is 0 Å². The summed E-state index contributed by atoms with van der Waals surface area (Å²) in [5.41, 5.74) is 6.01. The van der Waals surface area contributed by atoms with Gasteiger partial charge in [0, 0.05) is 12.6 Å². The number of para-hydroxylation sites is 3. The van der Waals surface area contributed by atoms with Gasteiger partial charge in [-0.1, -0.05) is 24.3 Å². The lowest BCUT2D eigenvalue weighted by atomic mass is 10.1. The molecule has 0 saturated heterocycles. The Morgan fingerprint density at radius 3 is 2.35 bits per heavy atom. The van der Waals surface area contributed by atoms with Crippen molar-refractivity contribution in [1.29, 1.82) is 0 Å². The van der Waals surface area contributed by atoms with Crippen LogP contribution in [0.25, 0.3) is 0 Å². The van der Waals surface area contributed by atoms with Crippen molar-refractivity contribution in [2.75, 3.05) is 13.2 Å². The monoisotopic (exact) mass is 314 g/mol. The molecule has 0 aliphatic heterocycles. The van der Waals surface area contributed by atoms with Gasteiger partial charge in [0.15, 0.2) is 11.5 Å². The summed E-state index contributed by atoms with van der Waals surface area (Å²) in [6.07, 6.45) is 0. The van der Waals surface area contributed by atoms with E-state index in [2.05, 4.69) is 5.32 Å². The van der Waals surface area contributed by atoms with E-state index < -0.39 is 0 Å². The van der Waals surface area contributed by atoms with Crippen LogP contribution in [0, 0.1) is 0 Å². The fourth-order valence-corrected chi connectivity index (χ4v) is 2.03. The summed E-state index contributed by atoms with van der Waals surface area (Å²) < 4.78 is 11.5. The lowest BCUT2D eigenvalue weighted by Crippen LogP contribution is -2.37. The van der Waals surface area contributed by atoms with Crippen LogP contribution in [0.3, 0.4) is 0 Å². The highest BCUT2D eigenvalue weighted by Crippen LogP contribution is 2.32. The number of rotatable bonds is 7. The summed E-state index contributed by atoms with van der Waals surface area (Å²) in [4.78, 5) is 12.4. The smallest absolute Gasteiger partial charge is 0.255 e. The first-order chi connectivity index (χ1) is 11.2. The molecule has 23 heavy (non-hydrogen) atoms. The van der Waals surface area contributed by atoms with Gasteiger partial charge in [0.2, 0.25) is 0 Å². The van der Waals surface area contributed by atoms with E-state index in [1.807, 2.05) is 44.2 Å². The Morgan fingerprint density at radius 1 is 1.09 bits per heavy atom. The molecule has 2 aromatic rings. The zero-order valence-corrected chi connectivity index (χ0v) is 13.4. The van der Waals surface area contributed by atoms with Crippen LogP contribution < -0.4 is 20.5 Å². The zero-order chi connectivity index (χ0) is 16.7. The highest BCUT2D eigenvalue weighted by molar-refractivity contribution is 5.97. The molecule has 2 rings (SSSR count). The maximum atomic E-state index is 12.4. The summed E-state index contributed by atoms with van der Waals surface area (Å²) in [6, 6.07) is 14.4. The molecule has 0 saturated carbocycles. The van der Waals surface area contributed by atoms with Crippen LogP contribution >= 0.6 is 0 Å². The van der Waals surface area contributed by atoms with Crippen molar-refractivity contribution in [3.8, 4) is 17.2 Å². The molecule has 122 valence electrons. The Labute approximate surface area is 136 Å². The highest BCUT2D eigenvalue weighted by Gasteiger charge is 2.15. The van der Waals surface area contributed by atoms with Crippen molar-refractivity contribution in [1.82, 2.24) is 5.32 Å². The molecule has 0 aliphatic carbocycles. The Morgan fingerprint density at radius 2 is 1.70 bits per heavy atom. The molecule has 0 bridgehead atoms. The molecule has 0 heterocycles. The van der Waals surface area contributed by atoms with Gasteiger partial charge in [0.1, 0.15) is 5.75 Å². The van der Waals surface area contributed by atoms with Crippen molar-refractivity contribution in [2.24, 2.45) is 5.73 Å². The standard InChI is InChI=1S/C18H22N2O3/c1-3-22-16-10-6-7-11-17(16)23-15-9-5-4-8-14(15)18(21)20-13(2)12-19/h4-11,13H,3,12,19H2,1-2H3,(H,20,21)/t13-/m0/s1. The molecule has 3 N–H and O–H groups in total. The van der Waals surface area contributed by atoms with Crippen LogP contribution in [-0.4, -0.2) is 25.1 Å². The van der Waals surface area contributed by atoms with Gasteiger partial charge < -0.3 is 20.5 Å². The van der Waals surface area contributed by atoms with E-state index in [-0.39, 0.29) is 11.9 Å². The Hall–Kier alpha value is -2.53. The zero-order valence-electron chi connectivity index (χ0n) is 13.4. The number of carbonyl (C=O) groups excluding carboxylic acids is 1. The third-order valence-corrected chi connectivity index (χ3v) is 3.23. The van der Waals surface area contributed by atoms with Gasteiger partial charge in [-0.15, -0.1) is 0 Å². The largest absolute Gasteiger partial charge is 0.490 e. The molecule has 0 aromatic heterocycles. The van der Waals surface area contributed by atoms with Crippen LogP contribution in [0.4, 0.5) is 0 Å². The molecule has 0 unspecified atom stereocenters. The summed E-state index contributed by atoms with van der Waals surface area (Å²) in [5, 5.41) is 2.84. The lowest BCUT2D eigenvalue weighted by molar-refractivity contribution is 0.0939. The average Bonchev–Trinajstić information content (AvgIpc) is 2.57. The number of amides is 1. The van der Waals surface area contributed by atoms with E-state index in [1.54, 1.807) is 18.2 Å². The van der Waals surface area contributed by atoms with Crippen molar-refractivity contribution >= 4 is 5.91 Å². The number of nitrogens with one attached hydrogen (secondary N) is 1. The third kappa shape index (κ3) is 4.47. The molecular formula is C18H22N2O3. The van der Waals surface area contributed by atoms with E-state index in [1.165, 1.54) is 0 Å². The minimum absolute atomic E-state index is 0.105. The van der Waals surface area contributed by atoms with E-state index >= 15 is 0 Å². The maximum Gasteiger partial charge on any atom is 0.255 e. The number of ether oxygens (including phenoxy) is 2. The van der Waals surface area contributed by atoms with Crippen LogP contribution in [0.1, 0.15) is 24.2 Å². The first kappa shape index (κ1) is 16.8.